The van der Waals surface area contributed by atoms with Gasteiger partial charge in [0.05, 0.1) is 0 Å². The second kappa shape index (κ2) is 2.54. The quantitative estimate of drug-likeness (QED) is 0.594. The smallest absolute Gasteiger partial charge is 0.00437 e. The number of rotatable bonds is 1. The molecular weight excluding hydrogens is 122 g/mol. The van der Waals surface area contributed by atoms with Gasteiger partial charge in [-0.1, -0.05) is 20.8 Å². The molecule has 0 heterocycles. The fraction of sp³-hybridized carbons (Fsp3) is 1.00. The number of hydrogen-bond donors (Lipinski definition) is 1. The van der Waals surface area contributed by atoms with Gasteiger partial charge in [0.15, 0.2) is 0 Å². The lowest BCUT2D eigenvalue weighted by molar-refractivity contribution is 0.203. The highest BCUT2D eigenvalue weighted by atomic mass is 14.6. The van der Waals surface area contributed by atoms with Crippen molar-refractivity contribution in [3.05, 3.63) is 0 Å². The molecule has 2 N–H and O–H groups in total. The van der Waals surface area contributed by atoms with E-state index >= 15 is 0 Å². The Labute approximate surface area is 64.0 Å². The summed E-state index contributed by atoms with van der Waals surface area (Å²) in [5.74, 6) is 1.63. The SMILES string of the molecule is CC1CC[C@@H](CN)C1(C)C. The molecule has 0 amide bonds. The van der Waals surface area contributed by atoms with Gasteiger partial charge in [-0.15, -0.1) is 0 Å². The molecular formula is C9H19N. The molecule has 2 atom stereocenters. The second-order valence-corrected chi connectivity index (χ2v) is 4.23. The summed E-state index contributed by atoms with van der Waals surface area (Å²) >= 11 is 0. The lowest BCUT2D eigenvalue weighted by Crippen LogP contribution is -2.28. The molecule has 1 nitrogen and oxygen atoms in total. The summed E-state index contributed by atoms with van der Waals surface area (Å²) in [5, 5.41) is 0. The minimum atomic E-state index is 0.495. The first-order valence-electron chi connectivity index (χ1n) is 4.29. The van der Waals surface area contributed by atoms with Crippen LogP contribution in [0.1, 0.15) is 33.6 Å². The monoisotopic (exact) mass is 141 g/mol. The molecule has 10 heavy (non-hydrogen) atoms. The summed E-state index contributed by atoms with van der Waals surface area (Å²) in [7, 11) is 0. The first-order valence-corrected chi connectivity index (χ1v) is 4.29. The molecule has 0 radical (unpaired) electrons. The van der Waals surface area contributed by atoms with Crippen molar-refractivity contribution in [1.82, 2.24) is 0 Å². The lowest BCUT2D eigenvalue weighted by Gasteiger charge is -2.30. The van der Waals surface area contributed by atoms with Crippen molar-refractivity contribution < 1.29 is 0 Å². The van der Waals surface area contributed by atoms with Gasteiger partial charge in [0.1, 0.15) is 0 Å². The molecule has 1 rings (SSSR count). The zero-order chi connectivity index (χ0) is 7.78. The van der Waals surface area contributed by atoms with Crippen LogP contribution in [0.2, 0.25) is 0 Å². The maximum Gasteiger partial charge on any atom is -0.00437 e. The predicted molar refractivity (Wildman–Crippen MR) is 44.7 cm³/mol. The van der Waals surface area contributed by atoms with E-state index in [1.54, 1.807) is 0 Å². The highest BCUT2D eigenvalue weighted by Gasteiger charge is 2.39. The summed E-state index contributed by atoms with van der Waals surface area (Å²) in [6, 6.07) is 0. The van der Waals surface area contributed by atoms with Gasteiger partial charge in [0.2, 0.25) is 0 Å². The maximum absolute atomic E-state index is 5.67. The fourth-order valence-electron chi connectivity index (χ4n) is 2.02. The second-order valence-electron chi connectivity index (χ2n) is 4.23. The van der Waals surface area contributed by atoms with Crippen LogP contribution in [0.5, 0.6) is 0 Å². The van der Waals surface area contributed by atoms with Gasteiger partial charge >= 0.3 is 0 Å². The van der Waals surface area contributed by atoms with Crippen LogP contribution in [0.4, 0.5) is 0 Å². The normalized spacial score (nSPS) is 38.4. The largest absolute Gasteiger partial charge is 0.330 e. The molecule has 1 heteroatoms. The topological polar surface area (TPSA) is 26.0 Å². The van der Waals surface area contributed by atoms with Gasteiger partial charge in [-0.3, -0.25) is 0 Å². The van der Waals surface area contributed by atoms with Crippen molar-refractivity contribution >= 4 is 0 Å². The molecule has 0 aromatic rings. The van der Waals surface area contributed by atoms with E-state index in [-0.39, 0.29) is 0 Å². The molecule has 60 valence electrons. The van der Waals surface area contributed by atoms with Crippen LogP contribution in [-0.2, 0) is 0 Å². The zero-order valence-corrected chi connectivity index (χ0v) is 7.35. The Hall–Kier alpha value is -0.0400. The van der Waals surface area contributed by atoms with Gasteiger partial charge in [0.25, 0.3) is 0 Å². The third kappa shape index (κ3) is 1.07. The Morgan fingerprint density at radius 3 is 2.20 bits per heavy atom. The summed E-state index contributed by atoms with van der Waals surface area (Å²) in [6.07, 6.45) is 2.71. The van der Waals surface area contributed by atoms with Gasteiger partial charge in [-0.05, 0) is 36.6 Å². The zero-order valence-electron chi connectivity index (χ0n) is 7.35. The molecule has 1 aliphatic rings. The third-order valence-corrected chi connectivity index (χ3v) is 3.55. The summed E-state index contributed by atoms with van der Waals surface area (Å²) in [4.78, 5) is 0. The molecule has 0 aromatic carbocycles. The van der Waals surface area contributed by atoms with E-state index in [0.717, 1.165) is 18.4 Å². The molecule has 0 spiro atoms. The fourth-order valence-corrected chi connectivity index (χ4v) is 2.02. The van der Waals surface area contributed by atoms with Crippen LogP contribution in [0.15, 0.2) is 0 Å². The van der Waals surface area contributed by atoms with E-state index in [0.29, 0.717) is 5.41 Å². The van der Waals surface area contributed by atoms with E-state index in [9.17, 15) is 0 Å². The van der Waals surface area contributed by atoms with Crippen LogP contribution >= 0.6 is 0 Å². The summed E-state index contributed by atoms with van der Waals surface area (Å²) in [6.45, 7) is 7.91. The summed E-state index contributed by atoms with van der Waals surface area (Å²) in [5.41, 5.74) is 6.17. The summed E-state index contributed by atoms with van der Waals surface area (Å²) < 4.78 is 0. The molecule has 1 unspecified atom stereocenters. The van der Waals surface area contributed by atoms with E-state index in [1.807, 2.05) is 0 Å². The minimum absolute atomic E-state index is 0.495. The minimum Gasteiger partial charge on any atom is -0.330 e. The van der Waals surface area contributed by atoms with Crippen molar-refractivity contribution in [2.24, 2.45) is 23.0 Å². The standard InChI is InChI=1S/C9H19N/c1-7-4-5-8(6-10)9(7,2)3/h7-8H,4-6,10H2,1-3H3/t7?,8-/m0/s1. The van der Waals surface area contributed by atoms with Crippen molar-refractivity contribution in [1.29, 1.82) is 0 Å². The van der Waals surface area contributed by atoms with Crippen LogP contribution in [0.3, 0.4) is 0 Å². The van der Waals surface area contributed by atoms with Crippen molar-refractivity contribution in [2.45, 2.75) is 33.6 Å². The Morgan fingerprint density at radius 1 is 1.40 bits per heavy atom. The number of nitrogens with two attached hydrogens (primary N) is 1. The van der Waals surface area contributed by atoms with Gasteiger partial charge < -0.3 is 5.73 Å². The highest BCUT2D eigenvalue weighted by molar-refractivity contribution is 4.89. The van der Waals surface area contributed by atoms with Gasteiger partial charge in [0, 0.05) is 0 Å². The average Bonchev–Trinajstić information content (AvgIpc) is 2.10. The van der Waals surface area contributed by atoms with Crippen LogP contribution in [0.25, 0.3) is 0 Å². The Morgan fingerprint density at radius 2 is 2.00 bits per heavy atom. The average molecular weight is 141 g/mol. The van der Waals surface area contributed by atoms with E-state index in [1.165, 1.54) is 12.8 Å². The van der Waals surface area contributed by atoms with E-state index < -0.39 is 0 Å². The van der Waals surface area contributed by atoms with E-state index in [4.69, 9.17) is 5.73 Å². The molecule has 0 bridgehead atoms. The van der Waals surface area contributed by atoms with Crippen molar-refractivity contribution in [2.75, 3.05) is 6.54 Å². The van der Waals surface area contributed by atoms with Crippen molar-refractivity contribution in [3.63, 3.8) is 0 Å². The third-order valence-electron chi connectivity index (χ3n) is 3.55. The first-order chi connectivity index (χ1) is 4.59. The Kier molecular flexibility index (Phi) is 2.04. The lowest BCUT2D eigenvalue weighted by atomic mass is 9.76. The maximum atomic E-state index is 5.67. The first kappa shape index (κ1) is 8.06. The predicted octanol–water partition coefficient (Wildman–Crippen LogP) is 2.02. The van der Waals surface area contributed by atoms with E-state index in [2.05, 4.69) is 20.8 Å². The molecule has 0 saturated heterocycles. The Bertz CT molecular complexity index is 118. The van der Waals surface area contributed by atoms with Crippen LogP contribution in [0, 0.1) is 17.3 Å². The van der Waals surface area contributed by atoms with Crippen LogP contribution in [-0.4, -0.2) is 6.54 Å². The van der Waals surface area contributed by atoms with Gasteiger partial charge in [-0.2, -0.15) is 0 Å². The molecule has 0 aromatic heterocycles. The highest BCUT2D eigenvalue weighted by Crippen LogP contribution is 2.46. The Balaban J connectivity index is 2.64. The van der Waals surface area contributed by atoms with Crippen molar-refractivity contribution in [3.8, 4) is 0 Å². The molecule has 1 aliphatic carbocycles. The van der Waals surface area contributed by atoms with Crippen LogP contribution < -0.4 is 5.73 Å². The molecule has 1 saturated carbocycles. The van der Waals surface area contributed by atoms with Gasteiger partial charge in [-0.25, -0.2) is 0 Å². The number of hydrogen-bond acceptors (Lipinski definition) is 1. The molecule has 1 fully saturated rings. The molecule has 0 aliphatic heterocycles.